The van der Waals surface area contributed by atoms with E-state index in [9.17, 15) is 4.79 Å². The molecule has 0 saturated carbocycles. The Labute approximate surface area is 113 Å². The summed E-state index contributed by atoms with van der Waals surface area (Å²) in [5, 5.41) is 20.8. The molecule has 0 atom stereocenters. The van der Waals surface area contributed by atoms with E-state index < -0.39 is 0 Å². The number of thiazole rings is 1. The van der Waals surface area contributed by atoms with Crippen molar-refractivity contribution < 1.29 is 15.0 Å². The number of nitrogens with one attached hydrogen (secondary N) is 1. The molecule has 0 saturated heterocycles. The van der Waals surface area contributed by atoms with E-state index in [1.54, 1.807) is 0 Å². The van der Waals surface area contributed by atoms with Gasteiger partial charge in [0.15, 0.2) is 5.13 Å². The third kappa shape index (κ3) is 3.55. The number of rotatable bonds is 2. The molecule has 0 bridgehead atoms. The number of aromatic hydroxyl groups is 1. The minimum Gasteiger partial charge on any atom is -0.508 e. The van der Waals surface area contributed by atoms with Crippen molar-refractivity contribution in [2.45, 2.75) is 0 Å². The van der Waals surface area contributed by atoms with Gasteiger partial charge >= 0.3 is 0 Å². The topological polar surface area (TPSA) is 82.5 Å². The molecule has 0 spiro atoms. The number of aliphatic hydroxyl groups excluding tert-OH is 1. The van der Waals surface area contributed by atoms with Crippen LogP contribution in [-0.2, 0) is 0 Å². The molecule has 0 aliphatic heterocycles. The number of amides is 1. The van der Waals surface area contributed by atoms with Crippen LogP contribution in [0.3, 0.4) is 0 Å². The van der Waals surface area contributed by atoms with Crippen LogP contribution in [0.2, 0.25) is 0 Å². The number of carbonyl (C=O) groups excluding carboxylic acids is 1. The number of aliphatic hydroxyl groups is 1. The number of aromatic nitrogens is 1. The Morgan fingerprint density at radius 2 is 2.11 bits per heavy atom. The fraction of sp³-hybridized carbons (Fsp3) is 0.0769. The van der Waals surface area contributed by atoms with Gasteiger partial charge in [0.05, 0.1) is 11.1 Å². The fourth-order valence-electron chi connectivity index (χ4n) is 1.30. The molecule has 1 heterocycles. The summed E-state index contributed by atoms with van der Waals surface area (Å²) in [6, 6.07) is 5.92. The summed E-state index contributed by atoms with van der Waals surface area (Å²) in [6.07, 6.45) is 1.53. The molecule has 1 aromatic heterocycles. The molecule has 96 valence electrons. The van der Waals surface area contributed by atoms with Crippen molar-refractivity contribution in [2.75, 3.05) is 11.9 Å². The maximum absolute atomic E-state index is 11.8. The van der Waals surface area contributed by atoms with Gasteiger partial charge in [0.1, 0.15) is 12.4 Å². The number of hydrogen-bond donors (Lipinski definition) is 3. The van der Waals surface area contributed by atoms with Crippen molar-refractivity contribution in [3.05, 3.63) is 40.9 Å². The molecule has 0 unspecified atom stereocenters. The molecule has 5 nitrogen and oxygen atoms in total. The second-order valence-corrected chi connectivity index (χ2v) is 4.52. The first kappa shape index (κ1) is 13.1. The molecule has 2 rings (SSSR count). The van der Waals surface area contributed by atoms with Gasteiger partial charge in [0.25, 0.3) is 5.91 Å². The Morgan fingerprint density at radius 1 is 1.37 bits per heavy atom. The van der Waals surface area contributed by atoms with Gasteiger partial charge in [0.2, 0.25) is 0 Å². The number of benzene rings is 1. The molecule has 0 radical (unpaired) electrons. The molecule has 0 aliphatic rings. The van der Waals surface area contributed by atoms with Crippen molar-refractivity contribution in [3.8, 4) is 17.6 Å². The standard InChI is InChI=1S/C13H10N2O3S/c16-7-1-2-11-8-14-13(19-11)15-12(18)9-3-5-10(17)6-4-9/h3-6,8,16-17H,7H2,(H,14,15,18). The van der Waals surface area contributed by atoms with Crippen molar-refractivity contribution in [1.82, 2.24) is 4.98 Å². The average molecular weight is 274 g/mol. The first-order chi connectivity index (χ1) is 9.19. The Bertz CT molecular complexity index is 638. The predicted octanol–water partition coefficient (Wildman–Crippen LogP) is 1.44. The predicted molar refractivity (Wildman–Crippen MR) is 72.1 cm³/mol. The quantitative estimate of drug-likeness (QED) is 0.724. The molecular weight excluding hydrogens is 264 g/mol. The highest BCUT2D eigenvalue weighted by molar-refractivity contribution is 7.16. The van der Waals surface area contributed by atoms with Crippen LogP contribution in [0.1, 0.15) is 15.2 Å². The van der Waals surface area contributed by atoms with E-state index >= 15 is 0 Å². The van der Waals surface area contributed by atoms with Crippen LogP contribution >= 0.6 is 11.3 Å². The molecule has 19 heavy (non-hydrogen) atoms. The van der Waals surface area contributed by atoms with Crippen LogP contribution in [0.5, 0.6) is 5.75 Å². The molecule has 0 fully saturated rings. The zero-order chi connectivity index (χ0) is 13.7. The van der Waals surface area contributed by atoms with E-state index in [0.717, 1.165) is 0 Å². The fourth-order valence-corrected chi connectivity index (χ4v) is 1.98. The minimum atomic E-state index is -0.309. The second-order valence-electron chi connectivity index (χ2n) is 3.49. The van der Waals surface area contributed by atoms with Crippen LogP contribution in [0.25, 0.3) is 0 Å². The normalized spacial score (nSPS) is 9.53. The maximum atomic E-state index is 11.8. The minimum absolute atomic E-state index is 0.104. The highest BCUT2D eigenvalue weighted by Gasteiger charge is 2.08. The average Bonchev–Trinajstić information content (AvgIpc) is 2.84. The molecule has 6 heteroatoms. The van der Waals surface area contributed by atoms with Crippen LogP contribution in [-0.4, -0.2) is 27.7 Å². The van der Waals surface area contributed by atoms with Crippen molar-refractivity contribution >= 4 is 22.4 Å². The van der Waals surface area contributed by atoms with E-state index in [2.05, 4.69) is 22.1 Å². The molecular formula is C13H10N2O3S. The molecule has 3 N–H and O–H groups in total. The number of anilines is 1. The Kier molecular flexibility index (Phi) is 4.13. The molecule has 0 aliphatic carbocycles. The van der Waals surface area contributed by atoms with Gasteiger partial charge in [-0.1, -0.05) is 23.2 Å². The van der Waals surface area contributed by atoms with E-state index in [0.29, 0.717) is 15.6 Å². The summed E-state index contributed by atoms with van der Waals surface area (Å²) in [5.74, 6) is 5.01. The summed E-state index contributed by atoms with van der Waals surface area (Å²) in [5.41, 5.74) is 0.427. The number of carbonyl (C=O) groups is 1. The SMILES string of the molecule is O=C(Nc1ncc(C#CCO)s1)c1ccc(O)cc1. The summed E-state index contributed by atoms with van der Waals surface area (Å²) in [7, 11) is 0. The van der Waals surface area contributed by atoms with Crippen LogP contribution in [0.15, 0.2) is 30.5 Å². The largest absolute Gasteiger partial charge is 0.508 e. The highest BCUT2D eigenvalue weighted by atomic mass is 32.1. The summed E-state index contributed by atoms with van der Waals surface area (Å²) >= 11 is 1.22. The maximum Gasteiger partial charge on any atom is 0.257 e. The highest BCUT2D eigenvalue weighted by Crippen LogP contribution is 2.18. The Morgan fingerprint density at radius 3 is 2.79 bits per heavy atom. The number of phenols is 1. The Hall–Kier alpha value is -2.36. The van der Waals surface area contributed by atoms with Crippen molar-refractivity contribution in [2.24, 2.45) is 0 Å². The van der Waals surface area contributed by atoms with Gasteiger partial charge in [-0.3, -0.25) is 10.1 Å². The summed E-state index contributed by atoms with van der Waals surface area (Å²) < 4.78 is 0. The lowest BCUT2D eigenvalue weighted by Crippen LogP contribution is -2.11. The van der Waals surface area contributed by atoms with E-state index in [4.69, 9.17) is 10.2 Å². The molecule has 2 aromatic rings. The van der Waals surface area contributed by atoms with Gasteiger partial charge in [-0.15, -0.1) is 0 Å². The lowest BCUT2D eigenvalue weighted by atomic mass is 10.2. The van der Waals surface area contributed by atoms with Gasteiger partial charge < -0.3 is 10.2 Å². The second kappa shape index (κ2) is 6.00. The number of nitrogens with zero attached hydrogens (tertiary/aromatic N) is 1. The lowest BCUT2D eigenvalue weighted by Gasteiger charge is -2.01. The monoisotopic (exact) mass is 274 g/mol. The van der Waals surface area contributed by atoms with Gasteiger partial charge in [0, 0.05) is 5.56 Å². The van der Waals surface area contributed by atoms with Crippen LogP contribution in [0.4, 0.5) is 5.13 Å². The van der Waals surface area contributed by atoms with Gasteiger partial charge in [-0.25, -0.2) is 4.98 Å². The molecule has 1 aromatic carbocycles. The smallest absolute Gasteiger partial charge is 0.257 e. The third-order valence-corrected chi connectivity index (χ3v) is 2.97. The number of phenolic OH excluding ortho intramolecular Hbond substituents is 1. The zero-order valence-electron chi connectivity index (χ0n) is 9.75. The van der Waals surface area contributed by atoms with Crippen molar-refractivity contribution in [1.29, 1.82) is 0 Å². The van der Waals surface area contributed by atoms with Crippen LogP contribution in [0, 0.1) is 11.8 Å². The first-order valence-electron chi connectivity index (χ1n) is 5.35. The first-order valence-corrected chi connectivity index (χ1v) is 6.16. The summed E-state index contributed by atoms with van der Waals surface area (Å²) in [4.78, 5) is 16.5. The lowest BCUT2D eigenvalue weighted by molar-refractivity contribution is 0.102. The van der Waals surface area contributed by atoms with Crippen LogP contribution < -0.4 is 5.32 Å². The summed E-state index contributed by atoms with van der Waals surface area (Å²) in [6.45, 7) is -0.215. The van der Waals surface area contributed by atoms with E-state index in [1.807, 2.05) is 0 Å². The van der Waals surface area contributed by atoms with Gasteiger partial charge in [-0.2, -0.15) is 0 Å². The molecule has 1 amide bonds. The van der Waals surface area contributed by atoms with E-state index in [1.165, 1.54) is 41.8 Å². The van der Waals surface area contributed by atoms with E-state index in [-0.39, 0.29) is 18.3 Å². The van der Waals surface area contributed by atoms with Gasteiger partial charge in [-0.05, 0) is 24.3 Å². The zero-order valence-corrected chi connectivity index (χ0v) is 10.6. The van der Waals surface area contributed by atoms with Crippen molar-refractivity contribution in [3.63, 3.8) is 0 Å². The Balaban J connectivity index is 2.06. The third-order valence-electron chi connectivity index (χ3n) is 2.15. The number of hydrogen-bond acceptors (Lipinski definition) is 5.